The minimum Gasteiger partial charge on any atom is -0.359 e. The van der Waals surface area contributed by atoms with Gasteiger partial charge in [0.1, 0.15) is 0 Å². The summed E-state index contributed by atoms with van der Waals surface area (Å²) >= 11 is 1.41. The Bertz CT molecular complexity index is 1360. The molecule has 2 aromatic carbocycles. The van der Waals surface area contributed by atoms with Crippen LogP contribution in [0.15, 0.2) is 54.7 Å². The molecule has 0 bridgehead atoms. The number of hydrogen-bond donors (Lipinski definition) is 1. The lowest BCUT2D eigenvalue weighted by molar-refractivity contribution is -0.120. The molecule has 6 nitrogen and oxygen atoms in total. The Morgan fingerprint density at radius 2 is 1.89 bits per heavy atom. The molecule has 0 aliphatic heterocycles. The maximum atomic E-state index is 13.7. The number of fused-ring (bicyclic) bond motifs is 1. The van der Waals surface area contributed by atoms with E-state index in [1.54, 1.807) is 35.0 Å². The summed E-state index contributed by atoms with van der Waals surface area (Å²) in [5.41, 5.74) is 3.51. The van der Waals surface area contributed by atoms with Gasteiger partial charge in [0.05, 0.1) is 10.6 Å². The predicted molar refractivity (Wildman–Crippen MR) is 134 cm³/mol. The van der Waals surface area contributed by atoms with Gasteiger partial charge in [0.25, 0.3) is 12.3 Å². The molecule has 0 radical (unpaired) electrons. The molecule has 0 spiro atoms. The summed E-state index contributed by atoms with van der Waals surface area (Å²) in [7, 11) is 3.43. The van der Waals surface area contributed by atoms with Gasteiger partial charge in [0.2, 0.25) is 5.91 Å². The molecule has 182 valence electrons. The van der Waals surface area contributed by atoms with E-state index in [9.17, 15) is 18.4 Å². The standard InChI is InChI=1S/C26H26F2N4O2S/c1-16-20-14-19(21-10-12-30-31(21)3)8-9-22(20)35-24(16)26(34)32(13-11-23(33)29-2)15-17-4-6-18(7-5-17)25(27)28/h4-10,12,14,25H,11,13,15H2,1-3H3,(H,29,33). The number of nitrogens with zero attached hydrogens (tertiary/aromatic N) is 3. The van der Waals surface area contributed by atoms with E-state index in [1.165, 1.54) is 23.5 Å². The van der Waals surface area contributed by atoms with Crippen LogP contribution in [0.25, 0.3) is 21.3 Å². The van der Waals surface area contributed by atoms with Gasteiger partial charge in [-0.25, -0.2) is 8.78 Å². The van der Waals surface area contributed by atoms with Gasteiger partial charge in [0.15, 0.2) is 0 Å². The lowest BCUT2D eigenvalue weighted by atomic mass is 10.1. The third-order valence-electron chi connectivity index (χ3n) is 6.03. The summed E-state index contributed by atoms with van der Waals surface area (Å²) in [4.78, 5) is 27.8. The number of carbonyl (C=O) groups is 2. The minimum atomic E-state index is -2.55. The molecule has 1 N–H and O–H groups in total. The number of thiophene rings is 1. The van der Waals surface area contributed by atoms with Crippen molar-refractivity contribution in [3.63, 3.8) is 0 Å². The predicted octanol–water partition coefficient (Wildman–Crippen LogP) is 5.33. The number of rotatable bonds is 8. The van der Waals surface area contributed by atoms with E-state index in [2.05, 4.69) is 16.5 Å². The summed E-state index contributed by atoms with van der Waals surface area (Å²) in [6, 6.07) is 13.9. The first-order valence-electron chi connectivity index (χ1n) is 11.2. The van der Waals surface area contributed by atoms with Gasteiger partial charge < -0.3 is 10.2 Å². The first kappa shape index (κ1) is 24.5. The summed E-state index contributed by atoms with van der Waals surface area (Å²) in [5.74, 6) is -0.364. The quantitative estimate of drug-likeness (QED) is 0.359. The maximum Gasteiger partial charge on any atom is 0.264 e. The van der Waals surface area contributed by atoms with Gasteiger partial charge in [-0.1, -0.05) is 30.3 Å². The largest absolute Gasteiger partial charge is 0.359 e. The molecule has 0 aliphatic rings. The van der Waals surface area contributed by atoms with E-state index < -0.39 is 6.43 Å². The number of aryl methyl sites for hydroxylation is 2. The van der Waals surface area contributed by atoms with Crippen molar-refractivity contribution in [3.8, 4) is 11.3 Å². The first-order chi connectivity index (χ1) is 16.8. The normalized spacial score (nSPS) is 11.3. The van der Waals surface area contributed by atoms with Gasteiger partial charge in [-0.05, 0) is 41.6 Å². The Kier molecular flexibility index (Phi) is 7.25. The van der Waals surface area contributed by atoms with Crippen LogP contribution < -0.4 is 5.32 Å². The second kappa shape index (κ2) is 10.4. The average molecular weight is 497 g/mol. The Morgan fingerprint density at radius 3 is 2.51 bits per heavy atom. The molecule has 2 amide bonds. The highest BCUT2D eigenvalue weighted by atomic mass is 32.1. The van der Waals surface area contributed by atoms with Crippen molar-refractivity contribution < 1.29 is 18.4 Å². The molecule has 0 unspecified atom stereocenters. The fraction of sp³-hybridized carbons (Fsp3) is 0.269. The number of benzene rings is 2. The van der Waals surface area contributed by atoms with Gasteiger partial charge in [0, 0.05) is 55.6 Å². The van der Waals surface area contributed by atoms with Gasteiger partial charge in [-0.15, -0.1) is 11.3 Å². The van der Waals surface area contributed by atoms with Crippen LogP contribution in [0.4, 0.5) is 8.78 Å². The molecule has 4 aromatic rings. The second-order valence-corrected chi connectivity index (χ2v) is 9.35. The molecule has 0 saturated carbocycles. The zero-order valence-electron chi connectivity index (χ0n) is 19.7. The number of aromatic nitrogens is 2. The molecule has 2 heterocycles. The summed E-state index contributed by atoms with van der Waals surface area (Å²) in [6.07, 6.45) is -0.661. The van der Waals surface area contributed by atoms with E-state index in [1.807, 2.05) is 32.2 Å². The van der Waals surface area contributed by atoms with Crippen molar-refractivity contribution in [1.29, 1.82) is 0 Å². The third-order valence-corrected chi connectivity index (χ3v) is 7.29. The van der Waals surface area contributed by atoms with E-state index in [4.69, 9.17) is 0 Å². The summed E-state index contributed by atoms with van der Waals surface area (Å²) in [5, 5.41) is 7.80. The van der Waals surface area contributed by atoms with Gasteiger partial charge >= 0.3 is 0 Å². The molecular weight excluding hydrogens is 470 g/mol. The highest BCUT2D eigenvalue weighted by molar-refractivity contribution is 7.21. The van der Waals surface area contributed by atoms with Crippen LogP contribution in [0, 0.1) is 6.92 Å². The third kappa shape index (κ3) is 5.24. The lowest BCUT2D eigenvalue weighted by Gasteiger charge is -2.22. The fourth-order valence-corrected chi connectivity index (χ4v) is 5.15. The van der Waals surface area contributed by atoms with Crippen LogP contribution in [-0.4, -0.2) is 40.1 Å². The molecule has 0 saturated heterocycles. The molecule has 0 aliphatic carbocycles. The average Bonchev–Trinajstić information content (AvgIpc) is 3.43. The Hall–Kier alpha value is -3.59. The van der Waals surface area contributed by atoms with Crippen LogP contribution in [0.1, 0.15) is 39.2 Å². The molecule has 9 heteroatoms. The number of nitrogens with one attached hydrogen (secondary N) is 1. The van der Waals surface area contributed by atoms with E-state index in [0.29, 0.717) is 4.88 Å². The Labute approximate surface area is 206 Å². The van der Waals surface area contributed by atoms with E-state index in [-0.39, 0.29) is 36.9 Å². The molecule has 0 fully saturated rings. The Balaban J connectivity index is 1.65. The topological polar surface area (TPSA) is 67.2 Å². The molecule has 0 atom stereocenters. The number of amides is 2. The highest BCUT2D eigenvalue weighted by Gasteiger charge is 2.23. The fourth-order valence-electron chi connectivity index (χ4n) is 3.99. The van der Waals surface area contributed by atoms with Gasteiger partial charge in [-0.3, -0.25) is 14.3 Å². The first-order valence-corrected chi connectivity index (χ1v) is 12.0. The van der Waals surface area contributed by atoms with Crippen molar-refractivity contribution in [2.45, 2.75) is 26.3 Å². The van der Waals surface area contributed by atoms with Crippen molar-refractivity contribution in [2.75, 3.05) is 13.6 Å². The van der Waals surface area contributed by atoms with Crippen LogP contribution in [-0.2, 0) is 18.4 Å². The van der Waals surface area contributed by atoms with E-state index in [0.717, 1.165) is 32.5 Å². The monoisotopic (exact) mass is 496 g/mol. The molecular formula is C26H26F2N4O2S. The lowest BCUT2D eigenvalue weighted by Crippen LogP contribution is -2.34. The SMILES string of the molecule is CNC(=O)CCN(Cc1ccc(C(F)F)cc1)C(=O)c1sc2ccc(-c3ccnn3C)cc2c1C. The summed E-state index contributed by atoms with van der Waals surface area (Å²) in [6.45, 7) is 2.35. The van der Waals surface area contributed by atoms with Crippen molar-refractivity contribution >= 4 is 33.2 Å². The Morgan fingerprint density at radius 1 is 1.14 bits per heavy atom. The zero-order chi connectivity index (χ0) is 25.1. The molecule has 2 aromatic heterocycles. The van der Waals surface area contributed by atoms with Crippen LogP contribution >= 0.6 is 11.3 Å². The van der Waals surface area contributed by atoms with Crippen molar-refractivity contribution in [1.82, 2.24) is 20.0 Å². The smallest absolute Gasteiger partial charge is 0.264 e. The van der Waals surface area contributed by atoms with Gasteiger partial charge in [-0.2, -0.15) is 5.10 Å². The van der Waals surface area contributed by atoms with Crippen molar-refractivity contribution in [3.05, 3.63) is 76.3 Å². The highest BCUT2D eigenvalue weighted by Crippen LogP contribution is 2.35. The minimum absolute atomic E-state index is 0.0680. The number of carbonyl (C=O) groups excluding carboxylic acids is 2. The van der Waals surface area contributed by atoms with Crippen LogP contribution in [0.5, 0.6) is 0 Å². The molecule has 4 rings (SSSR count). The molecule has 35 heavy (non-hydrogen) atoms. The van der Waals surface area contributed by atoms with Crippen molar-refractivity contribution in [2.24, 2.45) is 7.05 Å². The number of hydrogen-bond acceptors (Lipinski definition) is 4. The number of alkyl halides is 2. The number of halogens is 2. The van der Waals surface area contributed by atoms with Crippen LogP contribution in [0.2, 0.25) is 0 Å². The van der Waals surface area contributed by atoms with E-state index >= 15 is 0 Å². The second-order valence-electron chi connectivity index (χ2n) is 8.30. The zero-order valence-corrected chi connectivity index (χ0v) is 20.5. The summed E-state index contributed by atoms with van der Waals surface area (Å²) < 4.78 is 28.7. The maximum absolute atomic E-state index is 13.7. The van der Waals surface area contributed by atoms with Crippen LogP contribution in [0.3, 0.4) is 0 Å².